The standard InChI is InChI=1S/C20H26N2O2S2/c21-18(23)11-25-17-4-2-1-3-16(17)22-19(24)12-26-20-8-13-5-14(9-20)7-15(6-13)10-20/h1-4,13-15H,5-12H2,(H2,21,23)(H,22,24). The molecule has 4 nitrogen and oxygen atoms in total. The van der Waals surface area contributed by atoms with Crippen LogP contribution in [0.5, 0.6) is 0 Å². The lowest BCUT2D eigenvalue weighted by Crippen LogP contribution is -2.49. The van der Waals surface area contributed by atoms with Gasteiger partial charge in [-0.25, -0.2) is 0 Å². The summed E-state index contributed by atoms with van der Waals surface area (Å²) < 4.78 is 0.353. The second-order valence-electron chi connectivity index (χ2n) is 8.19. The van der Waals surface area contributed by atoms with Crippen LogP contribution in [-0.4, -0.2) is 28.1 Å². The predicted octanol–water partition coefficient (Wildman–Crippen LogP) is 3.90. The van der Waals surface area contributed by atoms with Crippen LogP contribution in [0.25, 0.3) is 0 Å². The molecule has 0 aliphatic heterocycles. The molecule has 5 rings (SSSR count). The fourth-order valence-electron chi connectivity index (χ4n) is 5.46. The average molecular weight is 391 g/mol. The van der Waals surface area contributed by atoms with Crippen LogP contribution < -0.4 is 11.1 Å². The van der Waals surface area contributed by atoms with Crippen molar-refractivity contribution in [3.63, 3.8) is 0 Å². The Morgan fingerprint density at radius 2 is 1.65 bits per heavy atom. The van der Waals surface area contributed by atoms with Crippen LogP contribution >= 0.6 is 23.5 Å². The highest BCUT2D eigenvalue weighted by molar-refractivity contribution is 8.01. The summed E-state index contributed by atoms with van der Waals surface area (Å²) in [5.74, 6) is 3.15. The lowest BCUT2D eigenvalue weighted by molar-refractivity contribution is -0.115. The third-order valence-electron chi connectivity index (χ3n) is 6.02. The normalized spacial score (nSPS) is 31.8. The van der Waals surface area contributed by atoms with E-state index in [1.54, 1.807) is 0 Å². The van der Waals surface area contributed by atoms with Gasteiger partial charge in [0.2, 0.25) is 11.8 Å². The first-order chi connectivity index (χ1) is 12.5. The molecule has 1 aromatic carbocycles. The fraction of sp³-hybridized carbons (Fsp3) is 0.600. The van der Waals surface area contributed by atoms with E-state index in [0.29, 0.717) is 10.5 Å². The van der Waals surface area contributed by atoms with E-state index in [1.165, 1.54) is 50.3 Å². The average Bonchev–Trinajstić information content (AvgIpc) is 2.58. The maximum absolute atomic E-state index is 12.6. The minimum absolute atomic E-state index is 0.0536. The zero-order valence-corrected chi connectivity index (χ0v) is 16.5. The Balaban J connectivity index is 1.34. The zero-order valence-electron chi connectivity index (χ0n) is 14.9. The van der Waals surface area contributed by atoms with Gasteiger partial charge in [-0.15, -0.1) is 23.5 Å². The number of benzene rings is 1. The van der Waals surface area contributed by atoms with E-state index < -0.39 is 0 Å². The van der Waals surface area contributed by atoms with E-state index in [2.05, 4.69) is 5.32 Å². The van der Waals surface area contributed by atoms with Crippen molar-refractivity contribution in [3.8, 4) is 0 Å². The van der Waals surface area contributed by atoms with Crippen LogP contribution in [0.2, 0.25) is 0 Å². The summed E-state index contributed by atoms with van der Waals surface area (Å²) in [4.78, 5) is 24.5. The molecule has 0 heterocycles. The summed E-state index contributed by atoms with van der Waals surface area (Å²) in [7, 11) is 0. The smallest absolute Gasteiger partial charge is 0.234 e. The maximum atomic E-state index is 12.6. The number of carbonyl (C=O) groups excluding carboxylic acids is 2. The van der Waals surface area contributed by atoms with Gasteiger partial charge in [-0.05, 0) is 68.4 Å². The van der Waals surface area contributed by atoms with E-state index in [4.69, 9.17) is 5.73 Å². The van der Waals surface area contributed by atoms with Gasteiger partial charge in [0.25, 0.3) is 0 Å². The molecule has 0 radical (unpaired) electrons. The number of hydrogen-bond donors (Lipinski definition) is 2. The lowest BCUT2D eigenvalue weighted by Gasteiger charge is -2.56. The Hall–Kier alpha value is -1.14. The monoisotopic (exact) mass is 390 g/mol. The first-order valence-corrected chi connectivity index (χ1v) is 11.4. The Labute approximate surface area is 163 Å². The van der Waals surface area contributed by atoms with Crippen LogP contribution in [0, 0.1) is 17.8 Å². The van der Waals surface area contributed by atoms with Crippen molar-refractivity contribution in [3.05, 3.63) is 24.3 Å². The maximum Gasteiger partial charge on any atom is 0.234 e. The molecule has 4 bridgehead atoms. The van der Waals surface area contributed by atoms with E-state index in [9.17, 15) is 9.59 Å². The third kappa shape index (κ3) is 4.06. The number of rotatable bonds is 7. The van der Waals surface area contributed by atoms with Crippen molar-refractivity contribution < 1.29 is 9.59 Å². The van der Waals surface area contributed by atoms with Gasteiger partial charge in [-0.3, -0.25) is 9.59 Å². The summed E-state index contributed by atoms with van der Waals surface area (Å²) >= 11 is 3.26. The first kappa shape index (κ1) is 18.2. The molecule has 26 heavy (non-hydrogen) atoms. The van der Waals surface area contributed by atoms with Crippen molar-refractivity contribution in [2.75, 3.05) is 16.8 Å². The van der Waals surface area contributed by atoms with E-state index >= 15 is 0 Å². The summed E-state index contributed by atoms with van der Waals surface area (Å²) in [5, 5.41) is 3.03. The number of anilines is 1. The molecule has 0 spiro atoms. The highest BCUT2D eigenvalue weighted by atomic mass is 32.2. The van der Waals surface area contributed by atoms with Gasteiger partial charge in [0.15, 0.2) is 0 Å². The van der Waals surface area contributed by atoms with Crippen molar-refractivity contribution in [1.82, 2.24) is 0 Å². The van der Waals surface area contributed by atoms with Gasteiger partial charge < -0.3 is 11.1 Å². The van der Waals surface area contributed by atoms with Crippen LogP contribution in [0.15, 0.2) is 29.2 Å². The van der Waals surface area contributed by atoms with E-state index in [0.717, 1.165) is 28.3 Å². The number of carbonyl (C=O) groups is 2. The molecule has 140 valence electrons. The Bertz CT molecular complexity index is 672. The molecule has 4 saturated carbocycles. The van der Waals surface area contributed by atoms with Gasteiger partial charge in [0, 0.05) is 9.64 Å². The first-order valence-electron chi connectivity index (χ1n) is 9.45. The highest BCUT2D eigenvalue weighted by Crippen LogP contribution is 2.60. The molecule has 4 aliphatic carbocycles. The Morgan fingerprint density at radius 1 is 1.04 bits per heavy atom. The molecule has 1 aromatic rings. The Kier molecular flexibility index (Phi) is 5.24. The molecule has 0 saturated heterocycles. The molecule has 3 N–H and O–H groups in total. The van der Waals surface area contributed by atoms with Crippen molar-refractivity contribution in [2.24, 2.45) is 23.5 Å². The second-order valence-corrected chi connectivity index (χ2v) is 10.6. The summed E-state index contributed by atoms with van der Waals surface area (Å²) in [6, 6.07) is 7.60. The van der Waals surface area contributed by atoms with Crippen LogP contribution in [0.4, 0.5) is 5.69 Å². The van der Waals surface area contributed by atoms with Crippen LogP contribution in [0.3, 0.4) is 0 Å². The quantitative estimate of drug-likeness (QED) is 0.693. The van der Waals surface area contributed by atoms with Crippen LogP contribution in [-0.2, 0) is 9.59 Å². The van der Waals surface area contributed by atoms with Gasteiger partial charge in [0.05, 0.1) is 17.2 Å². The van der Waals surface area contributed by atoms with Gasteiger partial charge in [-0.2, -0.15) is 0 Å². The predicted molar refractivity (Wildman–Crippen MR) is 108 cm³/mol. The number of para-hydroxylation sites is 1. The summed E-state index contributed by atoms with van der Waals surface area (Å²) in [5.41, 5.74) is 6.01. The molecular formula is C20H26N2O2S2. The Morgan fingerprint density at radius 3 is 2.27 bits per heavy atom. The number of hydrogen-bond acceptors (Lipinski definition) is 4. The number of amides is 2. The van der Waals surface area contributed by atoms with Crippen molar-refractivity contribution in [2.45, 2.75) is 48.2 Å². The zero-order chi connectivity index (χ0) is 18.1. The van der Waals surface area contributed by atoms with E-state index in [-0.39, 0.29) is 17.6 Å². The molecule has 0 unspecified atom stereocenters. The van der Waals surface area contributed by atoms with Crippen LogP contribution in [0.1, 0.15) is 38.5 Å². The molecular weight excluding hydrogens is 364 g/mol. The molecule has 4 aliphatic rings. The van der Waals surface area contributed by atoms with Crippen molar-refractivity contribution in [1.29, 1.82) is 0 Å². The van der Waals surface area contributed by atoms with Gasteiger partial charge >= 0.3 is 0 Å². The van der Waals surface area contributed by atoms with Crippen molar-refractivity contribution >= 4 is 41.0 Å². The third-order valence-corrected chi connectivity index (χ3v) is 8.64. The van der Waals surface area contributed by atoms with E-state index in [1.807, 2.05) is 36.0 Å². The molecule has 4 fully saturated rings. The number of thioether (sulfide) groups is 2. The summed E-state index contributed by atoms with van der Waals surface area (Å²) in [6.07, 6.45) is 8.20. The summed E-state index contributed by atoms with van der Waals surface area (Å²) in [6.45, 7) is 0. The number of primary amides is 1. The topological polar surface area (TPSA) is 72.2 Å². The molecule has 0 atom stereocenters. The van der Waals surface area contributed by atoms with Gasteiger partial charge in [-0.1, -0.05) is 12.1 Å². The lowest BCUT2D eigenvalue weighted by atomic mass is 9.56. The minimum atomic E-state index is -0.353. The fourth-order valence-corrected chi connectivity index (χ4v) is 7.77. The minimum Gasteiger partial charge on any atom is -0.369 e. The molecule has 2 amide bonds. The molecule has 6 heteroatoms. The largest absolute Gasteiger partial charge is 0.369 e. The second kappa shape index (κ2) is 7.47. The molecule has 0 aromatic heterocycles. The number of nitrogens with one attached hydrogen (secondary N) is 1. The number of nitrogens with two attached hydrogens (primary N) is 1. The highest BCUT2D eigenvalue weighted by Gasteiger charge is 2.51. The SMILES string of the molecule is NC(=O)CSc1ccccc1NC(=O)CSC12CC3CC(CC(C3)C1)C2. The van der Waals surface area contributed by atoms with Gasteiger partial charge in [0.1, 0.15) is 0 Å².